The Morgan fingerprint density at radius 1 is 1.25 bits per heavy atom. The SMILES string of the molecule is O=C1NC2(CCNCC2)c2ccc(F)cc21. The highest BCUT2D eigenvalue weighted by Crippen LogP contribution is 2.37. The summed E-state index contributed by atoms with van der Waals surface area (Å²) in [5.41, 5.74) is 1.20. The summed E-state index contributed by atoms with van der Waals surface area (Å²) in [5, 5.41) is 6.28. The molecule has 84 valence electrons. The van der Waals surface area contributed by atoms with Gasteiger partial charge in [0.2, 0.25) is 0 Å². The highest BCUT2D eigenvalue weighted by atomic mass is 19.1. The van der Waals surface area contributed by atoms with Gasteiger partial charge in [0, 0.05) is 5.56 Å². The minimum Gasteiger partial charge on any atom is -0.342 e. The highest BCUT2D eigenvalue weighted by molar-refractivity contribution is 6.00. The van der Waals surface area contributed by atoms with E-state index in [9.17, 15) is 9.18 Å². The maximum Gasteiger partial charge on any atom is 0.252 e. The molecule has 1 aromatic rings. The van der Waals surface area contributed by atoms with Crippen molar-refractivity contribution in [3.8, 4) is 0 Å². The summed E-state index contributed by atoms with van der Waals surface area (Å²) in [6, 6.07) is 4.51. The number of rotatable bonds is 0. The van der Waals surface area contributed by atoms with E-state index in [4.69, 9.17) is 0 Å². The summed E-state index contributed by atoms with van der Waals surface area (Å²) in [7, 11) is 0. The lowest BCUT2D eigenvalue weighted by atomic mass is 9.82. The molecule has 0 radical (unpaired) electrons. The summed E-state index contributed by atoms with van der Waals surface area (Å²) in [6.45, 7) is 1.77. The number of benzene rings is 1. The average Bonchev–Trinajstić information content (AvgIpc) is 2.53. The quantitative estimate of drug-likeness (QED) is 0.688. The Labute approximate surface area is 93.0 Å². The molecule has 0 unspecified atom stereocenters. The minimum atomic E-state index is -0.347. The van der Waals surface area contributed by atoms with Gasteiger partial charge in [-0.2, -0.15) is 0 Å². The van der Waals surface area contributed by atoms with Crippen molar-refractivity contribution in [3.05, 3.63) is 35.1 Å². The number of nitrogens with one attached hydrogen (secondary N) is 2. The van der Waals surface area contributed by atoms with Crippen molar-refractivity contribution in [2.75, 3.05) is 13.1 Å². The second kappa shape index (κ2) is 3.28. The molecule has 0 aromatic heterocycles. The van der Waals surface area contributed by atoms with Gasteiger partial charge < -0.3 is 10.6 Å². The van der Waals surface area contributed by atoms with Crippen LogP contribution in [0.25, 0.3) is 0 Å². The number of carbonyl (C=O) groups excluding carboxylic acids is 1. The lowest BCUT2D eigenvalue weighted by Gasteiger charge is -2.34. The first-order chi connectivity index (χ1) is 7.71. The minimum absolute atomic E-state index is 0.142. The van der Waals surface area contributed by atoms with Gasteiger partial charge in [0.1, 0.15) is 5.82 Å². The van der Waals surface area contributed by atoms with E-state index >= 15 is 0 Å². The maximum absolute atomic E-state index is 13.1. The van der Waals surface area contributed by atoms with Crippen molar-refractivity contribution < 1.29 is 9.18 Å². The number of amides is 1. The van der Waals surface area contributed by atoms with Crippen LogP contribution in [0.1, 0.15) is 28.8 Å². The molecule has 0 bridgehead atoms. The van der Waals surface area contributed by atoms with Gasteiger partial charge in [-0.05, 0) is 43.6 Å². The van der Waals surface area contributed by atoms with Gasteiger partial charge in [0.15, 0.2) is 0 Å². The van der Waals surface area contributed by atoms with Crippen molar-refractivity contribution in [2.24, 2.45) is 0 Å². The van der Waals surface area contributed by atoms with Crippen LogP contribution in [0.15, 0.2) is 18.2 Å². The third-order valence-corrected chi connectivity index (χ3v) is 3.55. The molecule has 3 rings (SSSR count). The van der Waals surface area contributed by atoms with Crippen molar-refractivity contribution in [2.45, 2.75) is 18.4 Å². The molecule has 0 aliphatic carbocycles. The molecule has 0 saturated carbocycles. The predicted octanol–water partition coefficient (Wildman–Crippen LogP) is 1.15. The first-order valence-electron chi connectivity index (χ1n) is 5.55. The van der Waals surface area contributed by atoms with Gasteiger partial charge in [-0.3, -0.25) is 4.79 Å². The maximum atomic E-state index is 13.1. The monoisotopic (exact) mass is 220 g/mol. The van der Waals surface area contributed by atoms with Gasteiger partial charge in [-0.1, -0.05) is 6.07 Å². The molecule has 3 nitrogen and oxygen atoms in total. The van der Waals surface area contributed by atoms with Crippen LogP contribution in [0.2, 0.25) is 0 Å². The fourth-order valence-electron chi connectivity index (χ4n) is 2.72. The zero-order chi connectivity index (χ0) is 11.2. The molecule has 2 N–H and O–H groups in total. The molecule has 1 amide bonds. The number of piperidine rings is 1. The first-order valence-corrected chi connectivity index (χ1v) is 5.55. The van der Waals surface area contributed by atoms with Crippen molar-refractivity contribution in [1.29, 1.82) is 0 Å². The summed E-state index contributed by atoms with van der Waals surface area (Å²) >= 11 is 0. The molecular formula is C12H13FN2O. The molecule has 1 fully saturated rings. The van der Waals surface area contributed by atoms with Gasteiger partial charge in [0.05, 0.1) is 5.54 Å². The Balaban J connectivity index is 2.11. The third kappa shape index (κ3) is 1.26. The van der Waals surface area contributed by atoms with Crippen LogP contribution in [0.3, 0.4) is 0 Å². The normalized spacial score (nSPS) is 21.9. The number of carbonyl (C=O) groups is 1. The Bertz CT molecular complexity index is 452. The van der Waals surface area contributed by atoms with E-state index < -0.39 is 0 Å². The zero-order valence-electron chi connectivity index (χ0n) is 8.85. The van der Waals surface area contributed by atoms with E-state index in [1.165, 1.54) is 12.1 Å². The molecule has 1 saturated heterocycles. The van der Waals surface area contributed by atoms with Crippen LogP contribution in [-0.4, -0.2) is 19.0 Å². The van der Waals surface area contributed by atoms with Crippen LogP contribution in [0, 0.1) is 5.82 Å². The van der Waals surface area contributed by atoms with Crippen molar-refractivity contribution >= 4 is 5.91 Å². The largest absolute Gasteiger partial charge is 0.342 e. The molecule has 0 atom stereocenters. The molecule has 1 spiro atoms. The van der Waals surface area contributed by atoms with E-state index in [0.717, 1.165) is 31.5 Å². The Kier molecular flexibility index (Phi) is 2.01. The van der Waals surface area contributed by atoms with E-state index in [1.54, 1.807) is 6.07 Å². The zero-order valence-corrected chi connectivity index (χ0v) is 8.85. The van der Waals surface area contributed by atoms with Crippen LogP contribution in [-0.2, 0) is 5.54 Å². The van der Waals surface area contributed by atoms with Crippen molar-refractivity contribution in [3.63, 3.8) is 0 Å². The number of hydrogen-bond donors (Lipinski definition) is 2. The Morgan fingerprint density at radius 2 is 2.00 bits per heavy atom. The Hall–Kier alpha value is -1.42. The molecule has 1 aromatic carbocycles. The molecule has 4 heteroatoms. The number of halogens is 1. The van der Waals surface area contributed by atoms with Crippen LogP contribution in [0.4, 0.5) is 4.39 Å². The topological polar surface area (TPSA) is 41.1 Å². The molecule has 2 heterocycles. The molecule has 2 aliphatic rings. The summed E-state index contributed by atoms with van der Waals surface area (Å²) in [6.07, 6.45) is 1.74. The summed E-state index contributed by atoms with van der Waals surface area (Å²) in [5.74, 6) is -0.490. The number of hydrogen-bond acceptors (Lipinski definition) is 2. The molecule has 2 aliphatic heterocycles. The van der Waals surface area contributed by atoms with Gasteiger partial charge in [-0.15, -0.1) is 0 Å². The van der Waals surface area contributed by atoms with Gasteiger partial charge >= 0.3 is 0 Å². The van der Waals surface area contributed by atoms with Gasteiger partial charge in [-0.25, -0.2) is 4.39 Å². The van der Waals surface area contributed by atoms with E-state index in [-0.39, 0.29) is 17.3 Å². The molecule has 16 heavy (non-hydrogen) atoms. The fourth-order valence-corrected chi connectivity index (χ4v) is 2.72. The first kappa shape index (κ1) is 9.78. The van der Waals surface area contributed by atoms with Crippen LogP contribution >= 0.6 is 0 Å². The third-order valence-electron chi connectivity index (χ3n) is 3.55. The van der Waals surface area contributed by atoms with Crippen LogP contribution in [0.5, 0.6) is 0 Å². The lowest BCUT2D eigenvalue weighted by Crippen LogP contribution is -2.47. The average molecular weight is 220 g/mol. The van der Waals surface area contributed by atoms with E-state index in [1.807, 2.05) is 0 Å². The lowest BCUT2D eigenvalue weighted by molar-refractivity contribution is 0.0913. The predicted molar refractivity (Wildman–Crippen MR) is 57.6 cm³/mol. The molecular weight excluding hydrogens is 207 g/mol. The van der Waals surface area contributed by atoms with Crippen molar-refractivity contribution in [1.82, 2.24) is 10.6 Å². The summed E-state index contributed by atoms with van der Waals surface area (Å²) in [4.78, 5) is 11.8. The van der Waals surface area contributed by atoms with E-state index in [2.05, 4.69) is 10.6 Å². The standard InChI is InChI=1S/C12H13FN2O/c13-8-1-2-10-9(7-8)11(16)15-12(10)3-5-14-6-4-12/h1-2,7,14H,3-6H2,(H,15,16). The van der Waals surface area contributed by atoms with E-state index in [0.29, 0.717) is 5.56 Å². The van der Waals surface area contributed by atoms with Crippen LogP contribution < -0.4 is 10.6 Å². The summed E-state index contributed by atoms with van der Waals surface area (Å²) < 4.78 is 13.1. The fraction of sp³-hybridized carbons (Fsp3) is 0.417. The number of fused-ring (bicyclic) bond motifs is 2. The van der Waals surface area contributed by atoms with Gasteiger partial charge in [0.25, 0.3) is 5.91 Å². The highest BCUT2D eigenvalue weighted by Gasteiger charge is 2.43. The smallest absolute Gasteiger partial charge is 0.252 e. The Morgan fingerprint density at radius 3 is 2.75 bits per heavy atom. The second-order valence-electron chi connectivity index (χ2n) is 4.48. The second-order valence-corrected chi connectivity index (χ2v) is 4.48.